The summed E-state index contributed by atoms with van der Waals surface area (Å²) in [5.74, 6) is 0.0168. The number of benzene rings is 1. The fourth-order valence-corrected chi connectivity index (χ4v) is 4.22. The first-order valence-corrected chi connectivity index (χ1v) is 12.7. The second kappa shape index (κ2) is 13.2. The highest BCUT2D eigenvalue weighted by Gasteiger charge is 2.20. The third-order valence-corrected chi connectivity index (χ3v) is 6.54. The fraction of sp³-hybridized carbons (Fsp3) is 0.273. The molecule has 1 aromatic carbocycles. The van der Waals surface area contributed by atoms with Crippen LogP contribution in [-0.2, 0) is 25.2 Å². The fourth-order valence-electron chi connectivity index (χ4n) is 2.90. The first-order chi connectivity index (χ1) is 16.9. The molecule has 2 rings (SSSR count). The number of carboxylic acids is 1. The van der Waals surface area contributed by atoms with Gasteiger partial charge in [-0.1, -0.05) is 23.9 Å². The van der Waals surface area contributed by atoms with Gasteiger partial charge >= 0.3 is 13.8 Å². The topological polar surface area (TPSA) is 185 Å². The minimum absolute atomic E-state index is 0.00451. The molecule has 0 fully saturated rings. The normalized spacial score (nSPS) is 12.6. The van der Waals surface area contributed by atoms with Gasteiger partial charge in [0.1, 0.15) is 17.4 Å². The third-order valence-electron chi connectivity index (χ3n) is 4.77. The van der Waals surface area contributed by atoms with Crippen LogP contribution in [0.15, 0.2) is 46.0 Å². The monoisotopic (exact) mass is 538 g/mol. The van der Waals surface area contributed by atoms with Crippen LogP contribution in [0.2, 0.25) is 0 Å². The van der Waals surface area contributed by atoms with Crippen molar-refractivity contribution in [2.45, 2.75) is 26.8 Å². The summed E-state index contributed by atoms with van der Waals surface area (Å²) in [6, 6.07) is 6.70. The maximum atomic E-state index is 12.0. The Bertz CT molecular complexity index is 1200. The minimum Gasteiger partial charge on any atom is -0.497 e. The molecule has 14 heteroatoms. The van der Waals surface area contributed by atoms with E-state index in [-0.39, 0.29) is 23.7 Å². The summed E-state index contributed by atoms with van der Waals surface area (Å²) >= 11 is 0.836. The molecule has 1 heterocycles. The molecule has 0 saturated heterocycles. The molecule has 12 nitrogen and oxygen atoms in total. The lowest BCUT2D eigenvalue weighted by atomic mass is 10.2. The Kier molecular flexibility index (Phi) is 10.6. The number of thioether (sulfide) groups is 1. The molecule has 1 aromatic heterocycles. The van der Waals surface area contributed by atoms with Crippen molar-refractivity contribution in [3.63, 3.8) is 0 Å². The summed E-state index contributed by atoms with van der Waals surface area (Å²) in [5, 5.41) is 9.81. The molecule has 0 aliphatic heterocycles. The van der Waals surface area contributed by atoms with Crippen molar-refractivity contribution < 1.29 is 38.3 Å². The molecule has 0 radical (unpaired) electrons. The van der Waals surface area contributed by atoms with E-state index in [4.69, 9.17) is 20.3 Å². The van der Waals surface area contributed by atoms with Crippen molar-refractivity contribution in [3.8, 4) is 5.75 Å². The number of aryl methyl sites for hydroxylation is 1. The van der Waals surface area contributed by atoms with Gasteiger partial charge in [0.15, 0.2) is 0 Å². The predicted molar refractivity (Wildman–Crippen MR) is 134 cm³/mol. The zero-order chi connectivity index (χ0) is 26.9. The van der Waals surface area contributed by atoms with E-state index in [0.29, 0.717) is 39.7 Å². The summed E-state index contributed by atoms with van der Waals surface area (Å²) < 4.78 is 20.8. The number of nitrogens with two attached hydrogens (primary N) is 1. The Labute approximate surface area is 212 Å². The van der Waals surface area contributed by atoms with Gasteiger partial charge in [0.25, 0.3) is 0 Å². The van der Waals surface area contributed by atoms with E-state index in [1.54, 1.807) is 38.1 Å². The number of phosphoric acid groups is 1. The smallest absolute Gasteiger partial charge is 0.469 e. The van der Waals surface area contributed by atoms with Crippen LogP contribution in [0.5, 0.6) is 5.75 Å². The highest BCUT2D eigenvalue weighted by Crippen LogP contribution is 2.39. The maximum absolute atomic E-state index is 12.0. The standard InChI is InChI=1S/C22H27N4O8PS/c1-14(26(13-27)12-17-11-24-15(2)25-21(17)23)19(8-9-34-35(30,31)32)36-20(22(28)29)10-16-4-6-18(33-3)7-5-16/h4-7,10-11,13H,8-9,12H2,1-3H3,(H,28,29)(H2,23,24,25)(H2,30,31,32)/b19-14-,20-10+. The van der Waals surface area contributed by atoms with Crippen LogP contribution in [0, 0.1) is 6.92 Å². The molecule has 2 aromatic rings. The zero-order valence-electron chi connectivity index (χ0n) is 19.8. The summed E-state index contributed by atoms with van der Waals surface area (Å²) in [6.45, 7) is 2.82. The van der Waals surface area contributed by atoms with Gasteiger partial charge in [-0.05, 0) is 37.6 Å². The number of phosphoric ester groups is 1. The van der Waals surface area contributed by atoms with Gasteiger partial charge in [-0.25, -0.2) is 19.3 Å². The molecule has 0 atom stereocenters. The van der Waals surface area contributed by atoms with E-state index in [0.717, 1.165) is 11.8 Å². The second-order valence-corrected chi connectivity index (χ2v) is 9.71. The molecular weight excluding hydrogens is 511 g/mol. The number of carboxylic acid groups (broad SMARTS) is 1. The van der Waals surface area contributed by atoms with Crippen LogP contribution in [0.1, 0.15) is 30.3 Å². The van der Waals surface area contributed by atoms with Crippen molar-refractivity contribution in [3.05, 3.63) is 62.9 Å². The highest BCUT2D eigenvalue weighted by atomic mass is 32.2. The van der Waals surface area contributed by atoms with E-state index >= 15 is 0 Å². The van der Waals surface area contributed by atoms with Crippen LogP contribution in [0.4, 0.5) is 5.82 Å². The van der Waals surface area contributed by atoms with E-state index < -0.39 is 20.4 Å². The molecule has 0 unspecified atom stereocenters. The number of rotatable bonds is 13. The van der Waals surface area contributed by atoms with Gasteiger partial charge < -0.3 is 30.3 Å². The maximum Gasteiger partial charge on any atom is 0.469 e. The lowest BCUT2D eigenvalue weighted by Gasteiger charge is -2.22. The minimum atomic E-state index is -4.76. The van der Waals surface area contributed by atoms with Gasteiger partial charge in [0.2, 0.25) is 6.41 Å². The van der Waals surface area contributed by atoms with Crippen LogP contribution in [-0.4, -0.2) is 55.9 Å². The quantitative estimate of drug-likeness (QED) is 0.166. The molecular formula is C22H27N4O8PS. The number of carbonyl (C=O) groups is 2. The number of nitrogen functional groups attached to an aromatic ring is 1. The summed E-state index contributed by atoms with van der Waals surface area (Å²) in [6.07, 6.45) is 3.36. The number of methoxy groups -OCH3 is 1. The average Bonchev–Trinajstić information content (AvgIpc) is 2.81. The Morgan fingerprint density at radius 2 is 1.94 bits per heavy atom. The number of aliphatic carboxylic acids is 1. The van der Waals surface area contributed by atoms with Crippen molar-refractivity contribution in [1.82, 2.24) is 14.9 Å². The Balaban J connectivity index is 2.43. The SMILES string of the molecule is COc1ccc(/C=C(/S/C(CCOP(=O)(O)O)=C(/C)N(C=O)Cc2cnc(C)nc2N)C(=O)O)cc1. The average molecular weight is 539 g/mol. The predicted octanol–water partition coefficient (Wildman–Crippen LogP) is 2.92. The molecule has 1 amide bonds. The Morgan fingerprint density at radius 1 is 1.28 bits per heavy atom. The number of anilines is 1. The number of nitrogens with zero attached hydrogens (tertiary/aromatic N) is 3. The largest absolute Gasteiger partial charge is 0.497 e. The van der Waals surface area contributed by atoms with Crippen LogP contribution in [0.25, 0.3) is 6.08 Å². The molecule has 0 aliphatic rings. The summed E-state index contributed by atoms with van der Waals surface area (Å²) in [4.78, 5) is 51.7. The number of allylic oxidation sites excluding steroid dienone is 1. The zero-order valence-corrected chi connectivity index (χ0v) is 21.5. The van der Waals surface area contributed by atoms with E-state index in [1.807, 2.05) is 0 Å². The van der Waals surface area contributed by atoms with Gasteiger partial charge in [-0.2, -0.15) is 0 Å². The van der Waals surface area contributed by atoms with Crippen LogP contribution in [0.3, 0.4) is 0 Å². The highest BCUT2D eigenvalue weighted by molar-refractivity contribution is 8.07. The van der Waals surface area contributed by atoms with Gasteiger partial charge in [-0.3, -0.25) is 9.32 Å². The van der Waals surface area contributed by atoms with E-state index in [9.17, 15) is 19.3 Å². The molecule has 5 N–H and O–H groups in total. The van der Waals surface area contributed by atoms with Crippen molar-refractivity contribution in [2.75, 3.05) is 19.5 Å². The molecule has 36 heavy (non-hydrogen) atoms. The molecule has 0 saturated carbocycles. The molecule has 0 bridgehead atoms. The Morgan fingerprint density at radius 3 is 2.47 bits per heavy atom. The number of hydrogen-bond acceptors (Lipinski definition) is 9. The van der Waals surface area contributed by atoms with Gasteiger partial charge in [0.05, 0.1) is 25.2 Å². The number of aromatic nitrogens is 2. The van der Waals surface area contributed by atoms with Crippen molar-refractivity contribution in [1.29, 1.82) is 0 Å². The van der Waals surface area contributed by atoms with Crippen molar-refractivity contribution >= 4 is 43.9 Å². The van der Waals surface area contributed by atoms with Crippen LogP contribution >= 0.6 is 19.6 Å². The lowest BCUT2D eigenvalue weighted by Crippen LogP contribution is -2.22. The molecule has 0 aliphatic carbocycles. The van der Waals surface area contributed by atoms with Gasteiger partial charge in [-0.15, -0.1) is 0 Å². The van der Waals surface area contributed by atoms with Crippen LogP contribution < -0.4 is 10.5 Å². The van der Waals surface area contributed by atoms with Crippen molar-refractivity contribution in [2.24, 2.45) is 0 Å². The van der Waals surface area contributed by atoms with E-state index in [2.05, 4.69) is 14.5 Å². The number of amides is 1. The first-order valence-electron chi connectivity index (χ1n) is 10.4. The summed E-state index contributed by atoms with van der Waals surface area (Å²) in [5.41, 5.74) is 7.33. The van der Waals surface area contributed by atoms with Gasteiger partial charge in [0, 0.05) is 28.8 Å². The van der Waals surface area contributed by atoms with E-state index in [1.165, 1.54) is 24.3 Å². The first kappa shape index (κ1) is 29.0. The Hall–Kier alpha value is -3.22. The third kappa shape index (κ3) is 9.10. The lowest BCUT2D eigenvalue weighted by molar-refractivity contribution is -0.131. The molecule has 194 valence electrons. The molecule has 0 spiro atoms. The second-order valence-electron chi connectivity index (χ2n) is 7.33. The number of carbonyl (C=O) groups excluding carboxylic acids is 1. The number of hydrogen-bond donors (Lipinski definition) is 4. The number of ether oxygens (including phenoxy) is 1. The summed E-state index contributed by atoms with van der Waals surface area (Å²) in [7, 11) is -3.24.